The van der Waals surface area contributed by atoms with Gasteiger partial charge in [-0.1, -0.05) is 0 Å². The average molecular weight is 263 g/mol. The molecule has 2 rings (SSSR count). The normalized spacial score (nSPS) is 20.6. The molecule has 0 aliphatic carbocycles. The van der Waals surface area contributed by atoms with Crippen LogP contribution in [0.25, 0.3) is 0 Å². The van der Waals surface area contributed by atoms with Crippen molar-refractivity contribution in [2.75, 3.05) is 18.5 Å². The van der Waals surface area contributed by atoms with Gasteiger partial charge in [0.05, 0.1) is 12.7 Å². The highest BCUT2D eigenvalue weighted by Gasteiger charge is 2.22. The summed E-state index contributed by atoms with van der Waals surface area (Å²) in [6.45, 7) is 10.2. The molecule has 3 heteroatoms. The van der Waals surface area contributed by atoms with Crippen LogP contribution in [0, 0.1) is 12.8 Å². The van der Waals surface area contributed by atoms with Crippen LogP contribution < -0.4 is 10.1 Å². The van der Waals surface area contributed by atoms with Crippen LogP contribution in [0.1, 0.15) is 32.8 Å². The van der Waals surface area contributed by atoms with E-state index in [4.69, 9.17) is 9.47 Å². The maximum atomic E-state index is 5.71. The molecule has 0 bridgehead atoms. The zero-order valence-electron chi connectivity index (χ0n) is 12.4. The smallest absolute Gasteiger partial charge is 0.120 e. The van der Waals surface area contributed by atoms with Crippen LogP contribution in [-0.4, -0.2) is 25.4 Å². The van der Waals surface area contributed by atoms with Gasteiger partial charge in [0.2, 0.25) is 0 Å². The molecule has 1 aromatic carbocycles. The average Bonchev–Trinajstić information content (AvgIpc) is 2.85. The molecule has 3 nitrogen and oxygen atoms in total. The maximum Gasteiger partial charge on any atom is 0.120 e. The van der Waals surface area contributed by atoms with Gasteiger partial charge in [-0.2, -0.15) is 0 Å². The third-order valence-corrected chi connectivity index (χ3v) is 3.62. The summed E-state index contributed by atoms with van der Waals surface area (Å²) in [6.07, 6.45) is 1.37. The minimum absolute atomic E-state index is 0.216. The molecule has 19 heavy (non-hydrogen) atoms. The highest BCUT2D eigenvalue weighted by Crippen LogP contribution is 2.25. The molecular weight excluding hydrogens is 238 g/mol. The van der Waals surface area contributed by atoms with Crippen molar-refractivity contribution in [3.05, 3.63) is 23.8 Å². The van der Waals surface area contributed by atoms with Gasteiger partial charge in [0.25, 0.3) is 0 Å². The van der Waals surface area contributed by atoms with Crippen molar-refractivity contribution in [3.8, 4) is 5.75 Å². The van der Waals surface area contributed by atoms with Crippen LogP contribution in [0.5, 0.6) is 5.75 Å². The Morgan fingerprint density at radius 2 is 2.11 bits per heavy atom. The van der Waals surface area contributed by atoms with Crippen LogP contribution in [0.2, 0.25) is 0 Å². The second-order valence-corrected chi connectivity index (χ2v) is 5.70. The molecule has 2 atom stereocenters. The number of ether oxygens (including phenoxy) is 2. The first-order chi connectivity index (χ1) is 9.06. The standard InChI is InChI=1S/C16H25NO2/c1-11(2)19-15-5-6-16(12(3)9-15)17-13(4)14-7-8-18-10-14/h5-6,9,11,13-14,17H,7-8,10H2,1-4H3. The van der Waals surface area contributed by atoms with Crippen LogP contribution in [-0.2, 0) is 4.74 Å². The third kappa shape index (κ3) is 3.87. The predicted octanol–water partition coefficient (Wildman–Crippen LogP) is 3.62. The third-order valence-electron chi connectivity index (χ3n) is 3.62. The number of hydrogen-bond acceptors (Lipinski definition) is 3. The Balaban J connectivity index is 2.00. The molecule has 2 unspecified atom stereocenters. The van der Waals surface area contributed by atoms with Gasteiger partial charge in [0.1, 0.15) is 5.75 Å². The van der Waals surface area contributed by atoms with Crippen molar-refractivity contribution < 1.29 is 9.47 Å². The van der Waals surface area contributed by atoms with E-state index in [2.05, 4.69) is 31.3 Å². The molecule has 106 valence electrons. The van der Waals surface area contributed by atoms with E-state index < -0.39 is 0 Å². The van der Waals surface area contributed by atoms with E-state index >= 15 is 0 Å². The molecule has 1 aliphatic heterocycles. The minimum Gasteiger partial charge on any atom is -0.491 e. The first kappa shape index (κ1) is 14.2. The monoisotopic (exact) mass is 263 g/mol. The van der Waals surface area contributed by atoms with Gasteiger partial charge in [-0.25, -0.2) is 0 Å². The summed E-state index contributed by atoms with van der Waals surface area (Å²) in [4.78, 5) is 0. The van der Waals surface area contributed by atoms with E-state index in [1.807, 2.05) is 19.9 Å². The lowest BCUT2D eigenvalue weighted by Crippen LogP contribution is -2.26. The number of nitrogens with one attached hydrogen (secondary N) is 1. The highest BCUT2D eigenvalue weighted by molar-refractivity contribution is 5.54. The Morgan fingerprint density at radius 1 is 1.32 bits per heavy atom. The van der Waals surface area contributed by atoms with Gasteiger partial charge in [-0.15, -0.1) is 0 Å². The quantitative estimate of drug-likeness (QED) is 0.880. The molecule has 1 aromatic rings. The van der Waals surface area contributed by atoms with E-state index in [1.165, 1.54) is 11.3 Å². The lowest BCUT2D eigenvalue weighted by molar-refractivity contribution is 0.183. The van der Waals surface area contributed by atoms with Crippen molar-refractivity contribution in [3.63, 3.8) is 0 Å². The predicted molar refractivity (Wildman–Crippen MR) is 79.0 cm³/mol. The first-order valence-corrected chi connectivity index (χ1v) is 7.18. The molecule has 1 N–H and O–H groups in total. The van der Waals surface area contributed by atoms with E-state index in [-0.39, 0.29) is 6.10 Å². The van der Waals surface area contributed by atoms with E-state index in [9.17, 15) is 0 Å². The Morgan fingerprint density at radius 3 is 2.68 bits per heavy atom. The largest absolute Gasteiger partial charge is 0.491 e. The van der Waals surface area contributed by atoms with Gasteiger partial charge >= 0.3 is 0 Å². The van der Waals surface area contributed by atoms with Gasteiger partial charge in [-0.05, 0) is 57.9 Å². The van der Waals surface area contributed by atoms with E-state index in [0.29, 0.717) is 12.0 Å². The second-order valence-electron chi connectivity index (χ2n) is 5.70. The first-order valence-electron chi connectivity index (χ1n) is 7.18. The summed E-state index contributed by atoms with van der Waals surface area (Å²) in [5.41, 5.74) is 2.42. The fourth-order valence-electron chi connectivity index (χ4n) is 2.45. The molecule has 0 saturated carbocycles. The highest BCUT2D eigenvalue weighted by atomic mass is 16.5. The zero-order valence-corrected chi connectivity index (χ0v) is 12.4. The lowest BCUT2D eigenvalue weighted by Gasteiger charge is -2.22. The number of hydrogen-bond donors (Lipinski definition) is 1. The number of anilines is 1. The molecule has 0 aromatic heterocycles. The topological polar surface area (TPSA) is 30.5 Å². The summed E-state index contributed by atoms with van der Waals surface area (Å²) >= 11 is 0. The van der Waals surface area contributed by atoms with Crippen molar-refractivity contribution in [2.45, 2.75) is 46.3 Å². The SMILES string of the molecule is Cc1cc(OC(C)C)ccc1NC(C)C1CCOC1. The molecule has 0 spiro atoms. The molecule has 0 amide bonds. The summed E-state index contributed by atoms with van der Waals surface area (Å²) in [5, 5.41) is 3.60. The summed E-state index contributed by atoms with van der Waals surface area (Å²) in [6, 6.07) is 6.69. The Labute approximate surface area is 116 Å². The minimum atomic E-state index is 0.216. The van der Waals surface area contributed by atoms with Crippen LogP contribution in [0.4, 0.5) is 5.69 Å². The van der Waals surface area contributed by atoms with E-state index in [0.717, 1.165) is 25.4 Å². The Bertz CT molecular complexity index is 411. The number of aryl methyl sites for hydroxylation is 1. The van der Waals surface area contributed by atoms with Crippen molar-refractivity contribution >= 4 is 5.69 Å². The van der Waals surface area contributed by atoms with Crippen molar-refractivity contribution in [1.29, 1.82) is 0 Å². The second kappa shape index (κ2) is 6.29. The lowest BCUT2D eigenvalue weighted by atomic mass is 10.00. The fourth-order valence-corrected chi connectivity index (χ4v) is 2.45. The summed E-state index contributed by atoms with van der Waals surface area (Å²) in [7, 11) is 0. The van der Waals surface area contributed by atoms with Crippen molar-refractivity contribution in [1.82, 2.24) is 0 Å². The van der Waals surface area contributed by atoms with Crippen LogP contribution >= 0.6 is 0 Å². The number of benzene rings is 1. The van der Waals surface area contributed by atoms with Crippen LogP contribution in [0.15, 0.2) is 18.2 Å². The molecular formula is C16H25NO2. The Hall–Kier alpha value is -1.22. The fraction of sp³-hybridized carbons (Fsp3) is 0.625. The molecule has 1 aliphatic rings. The van der Waals surface area contributed by atoms with Gasteiger partial charge in [0, 0.05) is 24.3 Å². The zero-order chi connectivity index (χ0) is 13.8. The Kier molecular flexibility index (Phi) is 4.70. The summed E-state index contributed by atoms with van der Waals surface area (Å²) < 4.78 is 11.2. The van der Waals surface area contributed by atoms with Gasteiger partial charge in [-0.3, -0.25) is 0 Å². The van der Waals surface area contributed by atoms with E-state index in [1.54, 1.807) is 0 Å². The molecule has 1 heterocycles. The molecule has 1 fully saturated rings. The number of rotatable bonds is 5. The maximum absolute atomic E-state index is 5.71. The molecule has 0 radical (unpaired) electrons. The van der Waals surface area contributed by atoms with Crippen molar-refractivity contribution in [2.24, 2.45) is 5.92 Å². The van der Waals surface area contributed by atoms with Crippen LogP contribution in [0.3, 0.4) is 0 Å². The summed E-state index contributed by atoms with van der Waals surface area (Å²) in [5.74, 6) is 1.56. The molecule has 1 saturated heterocycles. The van der Waals surface area contributed by atoms with Gasteiger partial charge < -0.3 is 14.8 Å². The van der Waals surface area contributed by atoms with Gasteiger partial charge in [0.15, 0.2) is 0 Å².